The Morgan fingerprint density at radius 2 is 1.14 bits per heavy atom. The van der Waals surface area contributed by atoms with Gasteiger partial charge in [-0.1, -0.05) is 0 Å². The monoisotopic (exact) mass is 564 g/mol. The van der Waals surface area contributed by atoms with E-state index in [0.717, 1.165) is 17.3 Å². The predicted octanol–water partition coefficient (Wildman–Crippen LogP) is -1.52. The number of ether oxygens (including phenoxy) is 1. The number of rotatable bonds is 11. The topological polar surface area (TPSA) is 147 Å². The number of carbonyl (C=O) groups excluding carboxylic acids is 4. The Labute approximate surface area is 196 Å². The van der Waals surface area contributed by atoms with Crippen LogP contribution in [-0.2, 0) is 23.9 Å². The first-order chi connectivity index (χ1) is 13.1. The quantitative estimate of drug-likeness (QED) is 0.119. The van der Waals surface area contributed by atoms with Crippen LogP contribution in [0.3, 0.4) is 0 Å². The normalized spacial score (nSPS) is 8.64. The van der Waals surface area contributed by atoms with E-state index in [1.165, 1.54) is 22.5 Å². The van der Waals surface area contributed by atoms with Gasteiger partial charge >= 0.3 is 75.3 Å². The van der Waals surface area contributed by atoms with Crippen LogP contribution < -0.4 is 15.3 Å². The smallest absolute Gasteiger partial charge is 0.0422 e. The van der Waals surface area contributed by atoms with Crippen LogP contribution >= 0.6 is 37.9 Å². The molecule has 0 heterocycles. The van der Waals surface area contributed by atoms with Crippen LogP contribution in [0, 0.1) is 0 Å². The SMILES string of the molecule is CCCCOC(=O)C[CH2][Sn+3].O=C([O-])CCS.O=C([O-])CCS.O=C([O-])CCS. The van der Waals surface area contributed by atoms with E-state index in [9.17, 15) is 34.5 Å². The largest absolute Gasteiger partial charge is 0.550 e. The number of unbranched alkanes of at least 4 members (excludes halogenated alkanes) is 1. The van der Waals surface area contributed by atoms with E-state index in [1.54, 1.807) is 0 Å². The fraction of sp³-hybridized carbons (Fsp3) is 0.750. The summed E-state index contributed by atoms with van der Waals surface area (Å²) in [7, 11) is 0. The third-order valence-electron chi connectivity index (χ3n) is 2.04. The maximum Gasteiger partial charge on any atom is 0.0422 e. The number of carboxylic acids is 3. The fourth-order valence-electron chi connectivity index (χ4n) is 0.778. The van der Waals surface area contributed by atoms with Crippen LogP contribution in [0.15, 0.2) is 0 Å². The van der Waals surface area contributed by atoms with Crippen molar-refractivity contribution in [2.45, 2.75) is 49.9 Å². The molecule has 0 aliphatic heterocycles. The van der Waals surface area contributed by atoms with Gasteiger partial charge in [0, 0.05) is 17.9 Å². The van der Waals surface area contributed by atoms with Gasteiger partial charge in [0.25, 0.3) is 0 Å². The fourth-order valence-corrected chi connectivity index (χ4v) is 1.91. The van der Waals surface area contributed by atoms with Gasteiger partial charge in [-0.2, -0.15) is 37.9 Å². The number of hydrogen-bond donors (Lipinski definition) is 3. The van der Waals surface area contributed by atoms with Gasteiger partial charge in [0.05, 0.1) is 0 Å². The summed E-state index contributed by atoms with van der Waals surface area (Å²) in [6, 6.07) is 0. The van der Waals surface area contributed by atoms with Crippen molar-refractivity contribution in [3.8, 4) is 0 Å². The summed E-state index contributed by atoms with van der Waals surface area (Å²) in [5.74, 6) is -2.06. The molecule has 0 amide bonds. The molecule has 0 N–H and O–H groups in total. The number of carbonyl (C=O) groups is 4. The van der Waals surface area contributed by atoms with E-state index < -0.39 is 17.9 Å². The van der Waals surface area contributed by atoms with Gasteiger partial charge in [-0.3, -0.25) is 0 Å². The molecule has 0 aromatic carbocycles. The molecule has 162 valence electrons. The Balaban J connectivity index is -0.000000142. The minimum Gasteiger partial charge on any atom is -0.550 e. The summed E-state index contributed by atoms with van der Waals surface area (Å²) in [4.78, 5) is 39.0. The summed E-state index contributed by atoms with van der Waals surface area (Å²) in [5, 5.41) is 28.3. The van der Waals surface area contributed by atoms with Gasteiger partial charge in [0.1, 0.15) is 0 Å². The van der Waals surface area contributed by atoms with Crippen molar-refractivity contribution in [1.29, 1.82) is 0 Å². The molecular weight excluding hydrogens is 535 g/mol. The van der Waals surface area contributed by atoms with Gasteiger partial charge in [-0.05, 0) is 36.5 Å². The molecule has 0 unspecified atom stereocenters. The molecule has 0 spiro atoms. The van der Waals surface area contributed by atoms with Crippen LogP contribution in [0.2, 0.25) is 4.44 Å². The van der Waals surface area contributed by atoms with Crippen molar-refractivity contribution in [2.24, 2.45) is 0 Å². The minimum atomic E-state index is -1.04. The average molecular weight is 563 g/mol. The molecular formula is C16H28O8S3Sn. The van der Waals surface area contributed by atoms with Gasteiger partial charge in [-0.25, -0.2) is 0 Å². The Kier molecular flexibility index (Phi) is 39.5. The Bertz CT molecular complexity index is 360. The van der Waals surface area contributed by atoms with Gasteiger partial charge in [0.15, 0.2) is 0 Å². The molecule has 0 atom stereocenters. The molecule has 12 heteroatoms. The van der Waals surface area contributed by atoms with Crippen LogP contribution in [-0.4, -0.2) is 70.3 Å². The standard InChI is InChI=1S/C7H13O2.3C3H6O2S.Sn/c1-3-5-6-9-7(8)4-2;3*4-3(5)1-2-6;/h2-6H2,1H3;3*6H,1-2H2,(H,4,5);/q;;;;+3/p-3. The van der Waals surface area contributed by atoms with E-state index in [-0.39, 0.29) is 25.2 Å². The Morgan fingerprint density at radius 1 is 0.786 bits per heavy atom. The zero-order valence-electron chi connectivity index (χ0n) is 15.9. The molecule has 0 saturated heterocycles. The van der Waals surface area contributed by atoms with E-state index in [4.69, 9.17) is 4.74 Å². The second-order valence-electron chi connectivity index (χ2n) is 4.61. The summed E-state index contributed by atoms with van der Waals surface area (Å²) in [5.41, 5.74) is 0. The van der Waals surface area contributed by atoms with E-state index in [0.29, 0.717) is 30.3 Å². The molecule has 0 aromatic rings. The third kappa shape index (κ3) is 56.2. The second-order valence-corrected chi connectivity index (χ2v) is 7.38. The van der Waals surface area contributed by atoms with Crippen molar-refractivity contribution >= 4 is 84.3 Å². The molecule has 0 aliphatic rings. The molecule has 28 heavy (non-hydrogen) atoms. The summed E-state index contributed by atoms with van der Waals surface area (Å²) >= 11 is 12.3. The van der Waals surface area contributed by atoms with Gasteiger partial charge < -0.3 is 29.7 Å². The Morgan fingerprint density at radius 3 is 1.32 bits per heavy atom. The first-order valence-corrected chi connectivity index (χ1v) is 12.3. The molecule has 0 rings (SSSR count). The van der Waals surface area contributed by atoms with Crippen molar-refractivity contribution in [3.05, 3.63) is 0 Å². The second kappa shape index (κ2) is 31.4. The van der Waals surface area contributed by atoms with Crippen LogP contribution in [0.1, 0.15) is 45.4 Å². The van der Waals surface area contributed by atoms with E-state index >= 15 is 0 Å². The first kappa shape index (κ1) is 35.2. The summed E-state index contributed by atoms with van der Waals surface area (Å²) in [6.45, 7) is 2.68. The molecule has 0 saturated carbocycles. The van der Waals surface area contributed by atoms with E-state index in [1.807, 2.05) is 0 Å². The molecule has 0 fully saturated rings. The van der Waals surface area contributed by atoms with Crippen LogP contribution in [0.5, 0.6) is 0 Å². The van der Waals surface area contributed by atoms with E-state index in [2.05, 4.69) is 44.8 Å². The number of thiol groups is 3. The Hall–Kier alpha value is -0.271. The third-order valence-corrected chi connectivity index (χ3v) is 3.42. The minimum absolute atomic E-state index is 0.0368. The van der Waals surface area contributed by atoms with Crippen LogP contribution in [0.4, 0.5) is 0 Å². The average Bonchev–Trinajstić information content (AvgIpc) is 2.56. The summed E-state index contributed by atoms with van der Waals surface area (Å²) in [6.07, 6.45) is 2.81. The molecule has 0 aromatic heterocycles. The molecule has 8 nitrogen and oxygen atoms in total. The molecule has 0 radical (unpaired) electrons. The number of carboxylic acid groups (broad SMARTS) is 3. The molecule has 0 bridgehead atoms. The maximum atomic E-state index is 10.7. The predicted molar refractivity (Wildman–Crippen MR) is 111 cm³/mol. The van der Waals surface area contributed by atoms with Crippen LogP contribution in [0.25, 0.3) is 0 Å². The number of esters is 1. The van der Waals surface area contributed by atoms with Gasteiger partial charge in [-0.15, -0.1) is 0 Å². The summed E-state index contributed by atoms with van der Waals surface area (Å²) < 4.78 is 5.87. The van der Waals surface area contributed by atoms with Crippen molar-refractivity contribution in [1.82, 2.24) is 0 Å². The first-order valence-electron chi connectivity index (χ1n) is 8.35. The maximum absolute atomic E-state index is 10.7. The van der Waals surface area contributed by atoms with Crippen molar-refractivity contribution < 1.29 is 39.2 Å². The number of hydrogen-bond acceptors (Lipinski definition) is 11. The zero-order chi connectivity index (χ0) is 22.8. The van der Waals surface area contributed by atoms with Crippen molar-refractivity contribution in [3.63, 3.8) is 0 Å². The van der Waals surface area contributed by atoms with Crippen molar-refractivity contribution in [2.75, 3.05) is 23.9 Å². The molecule has 0 aliphatic carbocycles. The van der Waals surface area contributed by atoms with Gasteiger partial charge in [0.2, 0.25) is 0 Å². The zero-order valence-corrected chi connectivity index (χ0v) is 21.4. The number of aliphatic carboxylic acids is 3.